The van der Waals surface area contributed by atoms with E-state index in [1.54, 1.807) is 36.4 Å². The zero-order valence-corrected chi connectivity index (χ0v) is 21.9. The van der Waals surface area contributed by atoms with Gasteiger partial charge in [-0.25, -0.2) is 0 Å². The fourth-order valence-corrected chi connectivity index (χ4v) is 5.24. The minimum atomic E-state index is -0.334. The molecule has 1 aromatic heterocycles. The Labute approximate surface area is 227 Å². The molecule has 182 valence electrons. The van der Waals surface area contributed by atoms with Crippen LogP contribution in [0.5, 0.6) is 5.75 Å². The van der Waals surface area contributed by atoms with Gasteiger partial charge in [0.15, 0.2) is 0 Å². The third-order valence-corrected chi connectivity index (χ3v) is 7.62. The van der Waals surface area contributed by atoms with Gasteiger partial charge >= 0.3 is 0 Å². The Hall–Kier alpha value is -2.90. The van der Waals surface area contributed by atoms with Gasteiger partial charge in [-0.1, -0.05) is 59.1 Å². The van der Waals surface area contributed by atoms with Gasteiger partial charge in [-0.3, -0.25) is 14.5 Å². The minimum Gasteiger partial charge on any atom is -0.492 e. The lowest BCUT2D eigenvalue weighted by atomic mass is 10.1. The molecule has 3 aromatic carbocycles. The molecule has 1 saturated heterocycles. The summed E-state index contributed by atoms with van der Waals surface area (Å²) in [6, 6.07) is 20.2. The van der Waals surface area contributed by atoms with E-state index in [-0.39, 0.29) is 17.7 Å². The van der Waals surface area contributed by atoms with Crippen molar-refractivity contribution in [2.75, 3.05) is 6.61 Å². The molecule has 0 radical (unpaired) electrons. The van der Waals surface area contributed by atoms with Crippen LogP contribution in [0.1, 0.15) is 11.1 Å². The van der Waals surface area contributed by atoms with Crippen LogP contribution in [0.2, 0.25) is 15.1 Å². The maximum absolute atomic E-state index is 13.1. The number of thioether (sulfide) groups is 1. The summed E-state index contributed by atoms with van der Waals surface area (Å²) in [5.74, 6) is 0.408. The van der Waals surface area contributed by atoms with E-state index in [2.05, 4.69) is 4.57 Å². The topological polar surface area (TPSA) is 51.5 Å². The number of fused-ring (bicyclic) bond motifs is 1. The average molecular weight is 558 g/mol. The van der Waals surface area contributed by atoms with Gasteiger partial charge < -0.3 is 9.30 Å². The lowest BCUT2D eigenvalue weighted by Gasteiger charge is -2.12. The Kier molecular flexibility index (Phi) is 7.30. The summed E-state index contributed by atoms with van der Waals surface area (Å²) in [6.07, 6.45) is 3.75. The first-order valence-corrected chi connectivity index (χ1v) is 13.0. The second kappa shape index (κ2) is 10.6. The Morgan fingerprint density at radius 3 is 2.47 bits per heavy atom. The standard InChI is InChI=1S/C27H19Cl3N2O3S/c28-19-6-8-20(9-7-19)35-12-11-31-16-18(21-3-1-2-4-24(21)31)14-25-26(33)32(27(34)36-25)15-17-5-10-22(29)23(30)13-17/h1-10,13-14,16H,11-12,15H2/b25-14-. The first-order valence-electron chi connectivity index (χ1n) is 11.0. The Bertz CT molecular complexity index is 1500. The molecule has 0 aliphatic carbocycles. The highest BCUT2D eigenvalue weighted by atomic mass is 35.5. The lowest BCUT2D eigenvalue weighted by Crippen LogP contribution is -2.27. The fourth-order valence-electron chi connectivity index (χ4n) is 3.97. The molecule has 0 N–H and O–H groups in total. The highest BCUT2D eigenvalue weighted by Crippen LogP contribution is 2.35. The highest BCUT2D eigenvalue weighted by molar-refractivity contribution is 8.18. The smallest absolute Gasteiger partial charge is 0.293 e. The number of carbonyl (C=O) groups is 2. The number of hydrogen-bond donors (Lipinski definition) is 0. The first kappa shape index (κ1) is 24.8. The predicted octanol–water partition coefficient (Wildman–Crippen LogP) is 7.92. The normalized spacial score (nSPS) is 14.9. The van der Waals surface area contributed by atoms with Gasteiger partial charge in [0, 0.05) is 27.7 Å². The zero-order valence-electron chi connectivity index (χ0n) is 18.8. The molecule has 0 bridgehead atoms. The molecule has 0 spiro atoms. The van der Waals surface area contributed by atoms with E-state index in [0.29, 0.717) is 33.1 Å². The van der Waals surface area contributed by atoms with E-state index < -0.39 is 0 Å². The third kappa shape index (κ3) is 5.27. The van der Waals surface area contributed by atoms with Crippen molar-refractivity contribution in [2.45, 2.75) is 13.1 Å². The minimum absolute atomic E-state index is 0.128. The highest BCUT2D eigenvalue weighted by Gasteiger charge is 2.35. The third-order valence-electron chi connectivity index (χ3n) is 5.72. The summed E-state index contributed by atoms with van der Waals surface area (Å²) in [4.78, 5) is 27.3. The summed E-state index contributed by atoms with van der Waals surface area (Å²) in [5, 5.41) is 2.12. The van der Waals surface area contributed by atoms with Gasteiger partial charge in [0.25, 0.3) is 11.1 Å². The van der Waals surface area contributed by atoms with E-state index in [0.717, 1.165) is 39.5 Å². The second-order valence-corrected chi connectivity index (χ2v) is 10.4. The quantitative estimate of drug-likeness (QED) is 0.217. The van der Waals surface area contributed by atoms with Crippen LogP contribution in [0.3, 0.4) is 0 Å². The molecular formula is C27H19Cl3N2O3S. The van der Waals surface area contributed by atoms with Gasteiger partial charge in [-0.2, -0.15) is 0 Å². The van der Waals surface area contributed by atoms with Crippen molar-refractivity contribution in [2.24, 2.45) is 0 Å². The average Bonchev–Trinajstić information content (AvgIpc) is 3.35. The number of nitrogens with zero attached hydrogens (tertiary/aromatic N) is 2. The molecule has 4 aromatic rings. The Balaban J connectivity index is 1.35. The molecule has 0 saturated carbocycles. The lowest BCUT2D eigenvalue weighted by molar-refractivity contribution is -0.123. The molecule has 1 aliphatic heterocycles. The van der Waals surface area contributed by atoms with Crippen LogP contribution in [-0.4, -0.2) is 27.2 Å². The van der Waals surface area contributed by atoms with Gasteiger partial charge in [0.1, 0.15) is 12.4 Å². The number of hydrogen-bond acceptors (Lipinski definition) is 4. The van der Waals surface area contributed by atoms with Gasteiger partial charge in [-0.15, -0.1) is 0 Å². The SMILES string of the molecule is O=C1S/C(=C\c2cn(CCOc3ccc(Cl)cc3)c3ccccc23)C(=O)N1Cc1ccc(Cl)c(Cl)c1. The summed E-state index contributed by atoms with van der Waals surface area (Å²) in [7, 11) is 0. The summed E-state index contributed by atoms with van der Waals surface area (Å²) >= 11 is 18.9. The van der Waals surface area contributed by atoms with Crippen molar-refractivity contribution in [1.82, 2.24) is 9.47 Å². The predicted molar refractivity (Wildman–Crippen MR) is 147 cm³/mol. The monoisotopic (exact) mass is 556 g/mol. The van der Waals surface area contributed by atoms with Gasteiger partial charge in [0.05, 0.1) is 28.0 Å². The maximum atomic E-state index is 13.1. The molecular weight excluding hydrogens is 539 g/mol. The number of imide groups is 1. The number of benzene rings is 3. The molecule has 1 fully saturated rings. The van der Waals surface area contributed by atoms with Crippen LogP contribution in [-0.2, 0) is 17.9 Å². The number of ether oxygens (including phenoxy) is 1. The Morgan fingerprint density at radius 1 is 0.917 bits per heavy atom. The Morgan fingerprint density at radius 2 is 1.69 bits per heavy atom. The molecule has 0 unspecified atom stereocenters. The second-order valence-electron chi connectivity index (χ2n) is 8.11. The first-order chi connectivity index (χ1) is 17.4. The van der Waals surface area contributed by atoms with Crippen LogP contribution in [0.15, 0.2) is 77.8 Å². The van der Waals surface area contributed by atoms with E-state index >= 15 is 0 Å². The fraction of sp³-hybridized carbons (Fsp3) is 0.111. The number of rotatable bonds is 7. The van der Waals surface area contributed by atoms with E-state index in [4.69, 9.17) is 39.5 Å². The van der Waals surface area contributed by atoms with Crippen LogP contribution in [0.4, 0.5) is 4.79 Å². The van der Waals surface area contributed by atoms with E-state index in [1.807, 2.05) is 42.6 Å². The largest absolute Gasteiger partial charge is 0.492 e. The number of aromatic nitrogens is 1. The van der Waals surface area contributed by atoms with Crippen molar-refractivity contribution in [3.63, 3.8) is 0 Å². The van der Waals surface area contributed by atoms with Gasteiger partial charge in [0.2, 0.25) is 0 Å². The zero-order chi connectivity index (χ0) is 25.2. The van der Waals surface area contributed by atoms with Crippen molar-refractivity contribution in [3.05, 3.63) is 104 Å². The number of carbonyl (C=O) groups excluding carboxylic acids is 2. The van der Waals surface area contributed by atoms with Crippen molar-refractivity contribution < 1.29 is 14.3 Å². The van der Waals surface area contributed by atoms with Crippen molar-refractivity contribution in [1.29, 1.82) is 0 Å². The maximum Gasteiger partial charge on any atom is 0.293 e. The van der Waals surface area contributed by atoms with Crippen LogP contribution >= 0.6 is 46.6 Å². The molecule has 1 aliphatic rings. The molecule has 2 heterocycles. The van der Waals surface area contributed by atoms with Crippen LogP contribution < -0.4 is 4.74 Å². The number of para-hydroxylation sites is 1. The molecule has 2 amide bonds. The summed E-state index contributed by atoms with van der Waals surface area (Å²) < 4.78 is 7.93. The molecule has 36 heavy (non-hydrogen) atoms. The van der Waals surface area contributed by atoms with Gasteiger partial charge in [-0.05, 0) is 65.9 Å². The molecule has 5 rings (SSSR count). The van der Waals surface area contributed by atoms with Crippen molar-refractivity contribution in [3.8, 4) is 5.75 Å². The molecule has 0 atom stereocenters. The number of amides is 2. The van der Waals surface area contributed by atoms with Crippen LogP contribution in [0.25, 0.3) is 17.0 Å². The van der Waals surface area contributed by atoms with E-state index in [1.165, 1.54) is 4.90 Å². The van der Waals surface area contributed by atoms with E-state index in [9.17, 15) is 9.59 Å². The van der Waals surface area contributed by atoms with Crippen LogP contribution in [0, 0.1) is 0 Å². The summed E-state index contributed by atoms with van der Waals surface area (Å²) in [5.41, 5.74) is 2.60. The summed E-state index contributed by atoms with van der Waals surface area (Å²) in [6.45, 7) is 1.19. The molecule has 9 heteroatoms. The number of halogens is 3. The molecule has 5 nitrogen and oxygen atoms in total. The van der Waals surface area contributed by atoms with Crippen molar-refractivity contribution >= 4 is 74.7 Å².